The van der Waals surface area contributed by atoms with Crippen LogP contribution in [0.25, 0.3) is 11.3 Å². The topological polar surface area (TPSA) is 61.0 Å². The molecule has 1 atom stereocenters. The van der Waals surface area contributed by atoms with Gasteiger partial charge in [0.1, 0.15) is 0 Å². The van der Waals surface area contributed by atoms with E-state index in [0.717, 1.165) is 29.8 Å². The van der Waals surface area contributed by atoms with Gasteiger partial charge in [-0.2, -0.15) is 5.10 Å². The summed E-state index contributed by atoms with van der Waals surface area (Å²) in [5.74, 6) is 0.714. The molecule has 138 valence electrons. The molecule has 2 heterocycles. The first-order chi connectivity index (χ1) is 12.8. The standard InChI is InChI=1S/C21H28N4O/c26-21(25-14-4-7-20(25)18-5-2-1-3-6-18)22-15-16-8-10-17(11-9-16)19-12-13-23-24-19/h8-13,18,20H,1-7,14-15H2,(H,22,26)(H,23,24)/t20-/m1/s1. The lowest BCUT2D eigenvalue weighted by Crippen LogP contribution is -2.45. The molecule has 1 saturated carbocycles. The van der Waals surface area contributed by atoms with E-state index in [1.165, 1.54) is 38.5 Å². The van der Waals surface area contributed by atoms with Crippen molar-refractivity contribution in [1.29, 1.82) is 0 Å². The molecule has 1 aliphatic carbocycles. The maximum absolute atomic E-state index is 12.7. The molecular formula is C21H28N4O. The Balaban J connectivity index is 1.33. The minimum atomic E-state index is 0.107. The summed E-state index contributed by atoms with van der Waals surface area (Å²) in [7, 11) is 0. The molecule has 1 aliphatic heterocycles. The van der Waals surface area contributed by atoms with Crippen LogP contribution >= 0.6 is 0 Å². The van der Waals surface area contributed by atoms with Gasteiger partial charge in [0, 0.05) is 25.3 Å². The van der Waals surface area contributed by atoms with Crippen LogP contribution in [0.5, 0.6) is 0 Å². The Hall–Kier alpha value is -2.30. The zero-order valence-electron chi connectivity index (χ0n) is 15.3. The number of benzene rings is 1. The van der Waals surface area contributed by atoms with Crippen molar-refractivity contribution in [2.45, 2.75) is 57.5 Å². The fraction of sp³-hybridized carbons (Fsp3) is 0.524. The lowest BCUT2D eigenvalue weighted by Gasteiger charge is -2.34. The fourth-order valence-corrected chi connectivity index (χ4v) is 4.55. The van der Waals surface area contributed by atoms with E-state index in [-0.39, 0.29) is 6.03 Å². The highest BCUT2D eigenvalue weighted by molar-refractivity contribution is 5.75. The van der Waals surface area contributed by atoms with E-state index in [1.54, 1.807) is 6.20 Å². The molecule has 26 heavy (non-hydrogen) atoms. The molecule has 2 N–H and O–H groups in total. The summed E-state index contributed by atoms with van der Waals surface area (Å²) in [6.45, 7) is 1.49. The van der Waals surface area contributed by atoms with Gasteiger partial charge in [-0.15, -0.1) is 0 Å². The molecule has 0 radical (unpaired) electrons. The first-order valence-electron chi connectivity index (χ1n) is 9.94. The third-order valence-corrected chi connectivity index (χ3v) is 5.96. The minimum absolute atomic E-state index is 0.107. The van der Waals surface area contributed by atoms with E-state index in [4.69, 9.17) is 0 Å². The number of nitrogens with one attached hydrogen (secondary N) is 2. The average Bonchev–Trinajstić information content (AvgIpc) is 3.39. The van der Waals surface area contributed by atoms with Crippen molar-refractivity contribution in [3.63, 3.8) is 0 Å². The van der Waals surface area contributed by atoms with E-state index in [0.29, 0.717) is 18.5 Å². The van der Waals surface area contributed by atoms with E-state index in [9.17, 15) is 4.79 Å². The van der Waals surface area contributed by atoms with Crippen LogP contribution in [0.2, 0.25) is 0 Å². The molecular weight excluding hydrogens is 324 g/mol. The van der Waals surface area contributed by atoms with Gasteiger partial charge in [-0.3, -0.25) is 5.10 Å². The van der Waals surface area contributed by atoms with E-state index < -0.39 is 0 Å². The first kappa shape index (κ1) is 17.1. The molecule has 1 aromatic heterocycles. The zero-order chi connectivity index (χ0) is 17.8. The average molecular weight is 352 g/mol. The number of carbonyl (C=O) groups excluding carboxylic acids is 1. The maximum atomic E-state index is 12.7. The smallest absolute Gasteiger partial charge is 0.317 e. The summed E-state index contributed by atoms with van der Waals surface area (Å²) in [6.07, 6.45) is 10.7. The van der Waals surface area contributed by atoms with Crippen LogP contribution in [0.1, 0.15) is 50.5 Å². The second kappa shape index (κ2) is 7.94. The number of H-pyrrole nitrogens is 1. The number of aromatic amines is 1. The fourth-order valence-electron chi connectivity index (χ4n) is 4.55. The molecule has 1 aromatic carbocycles. The second-order valence-electron chi connectivity index (χ2n) is 7.63. The van der Waals surface area contributed by atoms with Crippen molar-refractivity contribution >= 4 is 6.03 Å². The van der Waals surface area contributed by atoms with Crippen molar-refractivity contribution in [2.24, 2.45) is 5.92 Å². The van der Waals surface area contributed by atoms with Gasteiger partial charge < -0.3 is 10.2 Å². The molecule has 5 nitrogen and oxygen atoms in total. The molecule has 2 fully saturated rings. The summed E-state index contributed by atoms with van der Waals surface area (Å²) >= 11 is 0. The third kappa shape index (κ3) is 3.76. The van der Waals surface area contributed by atoms with Crippen molar-refractivity contribution in [1.82, 2.24) is 20.4 Å². The Morgan fingerprint density at radius 1 is 1.08 bits per heavy atom. The van der Waals surface area contributed by atoms with Crippen LogP contribution in [-0.4, -0.2) is 33.7 Å². The molecule has 1 saturated heterocycles. The quantitative estimate of drug-likeness (QED) is 0.860. The highest BCUT2D eigenvalue weighted by atomic mass is 16.2. The highest BCUT2D eigenvalue weighted by Gasteiger charge is 2.34. The van der Waals surface area contributed by atoms with Gasteiger partial charge in [0.2, 0.25) is 0 Å². The van der Waals surface area contributed by atoms with Gasteiger partial charge in [0.25, 0.3) is 0 Å². The number of carbonyl (C=O) groups is 1. The Morgan fingerprint density at radius 3 is 2.62 bits per heavy atom. The summed E-state index contributed by atoms with van der Waals surface area (Å²) in [5.41, 5.74) is 3.23. The molecule has 2 aliphatic rings. The predicted molar refractivity (Wildman–Crippen MR) is 103 cm³/mol. The Bertz CT molecular complexity index is 704. The summed E-state index contributed by atoms with van der Waals surface area (Å²) < 4.78 is 0. The summed E-state index contributed by atoms with van der Waals surface area (Å²) in [5, 5.41) is 10.1. The number of aromatic nitrogens is 2. The number of nitrogens with zero attached hydrogens (tertiary/aromatic N) is 2. The number of hydrogen-bond donors (Lipinski definition) is 2. The molecule has 2 aromatic rings. The molecule has 0 unspecified atom stereocenters. The van der Waals surface area contributed by atoms with Gasteiger partial charge in [-0.25, -0.2) is 4.79 Å². The third-order valence-electron chi connectivity index (χ3n) is 5.96. The molecule has 0 spiro atoms. The van der Waals surface area contributed by atoms with E-state index in [2.05, 4.69) is 44.7 Å². The predicted octanol–water partition coefficient (Wildman–Crippen LogP) is 4.33. The van der Waals surface area contributed by atoms with Crippen LogP contribution < -0.4 is 5.32 Å². The molecule has 5 heteroatoms. The Kier molecular flexibility index (Phi) is 5.23. The van der Waals surface area contributed by atoms with Crippen molar-refractivity contribution < 1.29 is 4.79 Å². The Labute approximate surface area is 155 Å². The van der Waals surface area contributed by atoms with Crippen LogP contribution in [-0.2, 0) is 6.54 Å². The van der Waals surface area contributed by atoms with Gasteiger partial charge in [-0.05, 0) is 48.8 Å². The number of urea groups is 1. The van der Waals surface area contributed by atoms with Crippen molar-refractivity contribution in [2.75, 3.05) is 6.54 Å². The van der Waals surface area contributed by atoms with Gasteiger partial charge in [-0.1, -0.05) is 43.5 Å². The van der Waals surface area contributed by atoms with E-state index in [1.807, 2.05) is 6.07 Å². The molecule has 2 amide bonds. The van der Waals surface area contributed by atoms with Crippen molar-refractivity contribution in [3.05, 3.63) is 42.1 Å². The van der Waals surface area contributed by atoms with Crippen LogP contribution in [0.4, 0.5) is 4.79 Å². The highest BCUT2D eigenvalue weighted by Crippen LogP contribution is 2.34. The van der Waals surface area contributed by atoms with Gasteiger partial charge in [0.15, 0.2) is 0 Å². The summed E-state index contributed by atoms with van der Waals surface area (Å²) in [4.78, 5) is 14.8. The zero-order valence-corrected chi connectivity index (χ0v) is 15.3. The van der Waals surface area contributed by atoms with Gasteiger partial charge >= 0.3 is 6.03 Å². The van der Waals surface area contributed by atoms with Crippen LogP contribution in [0, 0.1) is 5.92 Å². The van der Waals surface area contributed by atoms with E-state index >= 15 is 0 Å². The molecule has 0 bridgehead atoms. The monoisotopic (exact) mass is 352 g/mol. The SMILES string of the molecule is O=C(NCc1ccc(-c2ccn[nH]2)cc1)N1CCC[C@@H]1C1CCCCC1. The minimum Gasteiger partial charge on any atom is -0.334 e. The largest absolute Gasteiger partial charge is 0.334 e. The lowest BCUT2D eigenvalue weighted by atomic mass is 9.83. The van der Waals surface area contributed by atoms with Crippen molar-refractivity contribution in [3.8, 4) is 11.3 Å². The van der Waals surface area contributed by atoms with Gasteiger partial charge in [0.05, 0.1) is 5.69 Å². The number of amides is 2. The summed E-state index contributed by atoms with van der Waals surface area (Å²) in [6, 6.07) is 10.8. The van der Waals surface area contributed by atoms with Crippen LogP contribution in [0.3, 0.4) is 0 Å². The van der Waals surface area contributed by atoms with Crippen LogP contribution in [0.15, 0.2) is 36.5 Å². The number of hydrogen-bond acceptors (Lipinski definition) is 2. The number of likely N-dealkylation sites (tertiary alicyclic amines) is 1. The lowest BCUT2D eigenvalue weighted by molar-refractivity contribution is 0.156. The second-order valence-corrected chi connectivity index (χ2v) is 7.63. The maximum Gasteiger partial charge on any atom is 0.317 e. The number of rotatable bonds is 4. The first-order valence-corrected chi connectivity index (χ1v) is 9.94. The molecule has 4 rings (SSSR count). The normalized spacial score (nSPS) is 21.1. The Morgan fingerprint density at radius 2 is 1.88 bits per heavy atom.